The Bertz CT molecular complexity index is 3780. The molecule has 0 unspecified atom stereocenters. The molecule has 8 heterocycles. The second-order valence-electron chi connectivity index (χ2n) is 18.1. The summed E-state index contributed by atoms with van der Waals surface area (Å²) < 4.78 is 183. The normalized spacial score (nSPS) is 30.4. The van der Waals surface area contributed by atoms with E-state index in [0.29, 0.717) is 81.2 Å². The lowest BCUT2D eigenvalue weighted by molar-refractivity contribution is 0.578. The molecule has 0 bridgehead atoms. The zero-order chi connectivity index (χ0) is 61.0. The molecule has 0 saturated carbocycles. The molecular weight excluding hydrogens is 802 g/mol. The van der Waals surface area contributed by atoms with E-state index in [1.807, 2.05) is 88.7 Å². The van der Waals surface area contributed by atoms with E-state index < -0.39 is 77.7 Å². The van der Waals surface area contributed by atoms with Crippen molar-refractivity contribution in [3.63, 3.8) is 0 Å². The molecule has 2 fully saturated rings. The van der Waals surface area contributed by atoms with Crippen molar-refractivity contribution in [2.24, 2.45) is 0 Å². The largest absolute Gasteiger partial charge is 0.371 e. The van der Waals surface area contributed by atoms with Gasteiger partial charge in [-0.1, -0.05) is 78.9 Å². The first-order valence-corrected chi connectivity index (χ1v) is 22.9. The molecule has 322 valence electrons. The number of nitrogens with zero attached hydrogens (tertiary/aromatic N) is 6. The lowest BCUT2D eigenvalue weighted by Crippen LogP contribution is -2.66. The topological polar surface area (TPSA) is 19.4 Å². The average Bonchev–Trinajstić information content (AvgIpc) is 0.688. The van der Waals surface area contributed by atoms with Crippen LogP contribution in [0.2, 0.25) is 0 Å². The summed E-state index contributed by atoms with van der Waals surface area (Å²) in [6.07, 6.45) is -18.9. The number of fused-ring (bicyclic) bond motifs is 8. The Hall–Kier alpha value is -6.53. The number of para-hydroxylation sites is 4. The maximum absolute atomic E-state index is 9.46. The van der Waals surface area contributed by atoms with Crippen LogP contribution in [0.1, 0.15) is 89.6 Å². The Morgan fingerprint density at radius 1 is 0.379 bits per heavy atom. The van der Waals surface area contributed by atoms with Crippen LogP contribution < -0.4 is 62.2 Å². The molecule has 7 aromatic rings. The van der Waals surface area contributed by atoms with Crippen molar-refractivity contribution in [2.45, 2.75) is 63.9 Å². The van der Waals surface area contributed by atoms with Gasteiger partial charge in [0, 0.05) is 135 Å². The van der Waals surface area contributed by atoms with Crippen molar-refractivity contribution < 1.29 is 27.4 Å². The summed E-state index contributed by atoms with van der Waals surface area (Å²) in [5.41, 5.74) is 13.0. The number of rotatable bonds is 4. The first-order chi connectivity index (χ1) is 40.3. The highest BCUT2D eigenvalue weighted by Crippen LogP contribution is 2.50. The van der Waals surface area contributed by atoms with Gasteiger partial charge in [0.2, 0.25) is 0 Å². The summed E-state index contributed by atoms with van der Waals surface area (Å²) in [7, 11) is 0. The van der Waals surface area contributed by atoms with Crippen molar-refractivity contribution in [2.75, 3.05) is 68.5 Å². The fourth-order valence-corrected chi connectivity index (χ4v) is 12.3. The summed E-state index contributed by atoms with van der Waals surface area (Å²) in [6, 6.07) is 41.6. The highest BCUT2D eigenvalue weighted by molar-refractivity contribution is 7.03. The molecule has 0 atom stereocenters. The minimum Gasteiger partial charge on any atom is -0.371 e. The second-order valence-corrected chi connectivity index (χ2v) is 18.1. The Labute approximate surface area is 418 Å². The summed E-state index contributed by atoms with van der Waals surface area (Å²) in [6.45, 7) is -14.1. The van der Waals surface area contributed by atoms with E-state index in [0.717, 1.165) is 68.1 Å². The minimum atomic E-state index is -3.66. The molecular formula is C58H54B2N6. The molecule has 0 amide bonds. The van der Waals surface area contributed by atoms with Crippen LogP contribution in [0, 0.1) is 0 Å². The number of hydrogen-bond acceptors (Lipinski definition) is 6. The van der Waals surface area contributed by atoms with E-state index in [2.05, 4.69) is 40.1 Å². The Kier molecular flexibility index (Phi) is 5.11. The molecule has 0 aliphatic carbocycles. The standard InChI is InChI=1S/C58H54B2N6/c1-5-21-41(22-6-1)65-49-38-50-48(37-47(49)59-45-25-13-17-39-19-15-31-63(57(39)45)51-33-43(35-53(65)55(51)59)61-27-9-3-10-28-61)60-46-26-14-18-40-20-16-32-64(58(40)46)52-34-44(62-29-11-4-12-30-62)36-54(56(52)60)66(50)42-23-7-2-8-24-42/h1-2,5-8,13-14,17-18,21-26,33-38H,3-4,9-12,15-16,19-20,27-32H2/i3D2,4D2,9D2,10D2,11D2,12D2,27D2,28D2,29D2,30D2. The monoisotopic (exact) mass is 877 g/mol. The van der Waals surface area contributed by atoms with Crippen molar-refractivity contribution in [1.82, 2.24) is 0 Å². The predicted octanol–water partition coefficient (Wildman–Crippen LogP) is 9.06. The van der Waals surface area contributed by atoms with Gasteiger partial charge in [-0.25, -0.2) is 0 Å². The van der Waals surface area contributed by atoms with E-state index in [-0.39, 0.29) is 11.4 Å². The number of piperidine rings is 2. The zero-order valence-corrected chi connectivity index (χ0v) is 35.8. The van der Waals surface area contributed by atoms with E-state index >= 15 is 0 Å². The molecule has 0 radical (unpaired) electrons. The predicted molar refractivity (Wildman–Crippen MR) is 281 cm³/mol. The Morgan fingerprint density at radius 2 is 0.818 bits per heavy atom. The quantitative estimate of drug-likeness (QED) is 0.163. The fourth-order valence-electron chi connectivity index (χ4n) is 12.3. The van der Waals surface area contributed by atoms with Gasteiger partial charge in [0.15, 0.2) is 0 Å². The number of anilines is 12. The first kappa shape index (κ1) is 23.3. The third-order valence-corrected chi connectivity index (χ3v) is 14.7. The van der Waals surface area contributed by atoms with Crippen molar-refractivity contribution in [1.29, 1.82) is 0 Å². The highest BCUT2D eigenvalue weighted by Gasteiger charge is 2.49. The van der Waals surface area contributed by atoms with Gasteiger partial charge < -0.3 is 29.4 Å². The zero-order valence-electron chi connectivity index (χ0n) is 55.8. The third kappa shape index (κ3) is 5.33. The van der Waals surface area contributed by atoms with E-state index in [4.69, 9.17) is 16.4 Å². The lowest BCUT2D eigenvalue weighted by atomic mass is 9.30. The highest BCUT2D eigenvalue weighted by atomic mass is 15.2. The molecule has 0 aromatic heterocycles. The summed E-state index contributed by atoms with van der Waals surface area (Å²) in [4.78, 5) is 9.12. The van der Waals surface area contributed by atoms with E-state index in [1.54, 1.807) is 24.3 Å². The number of hydrogen-bond donors (Lipinski definition) is 0. The van der Waals surface area contributed by atoms with Gasteiger partial charge in [-0.05, 0) is 162 Å². The molecule has 66 heavy (non-hydrogen) atoms. The third-order valence-electron chi connectivity index (χ3n) is 14.7. The van der Waals surface area contributed by atoms with Gasteiger partial charge in [-0.3, -0.25) is 0 Å². The SMILES string of the molecule is [2H]C1([2H])N(c2cc3c4c(c2)N(c2ccccc2)c2cc5c(cc2B4c2cccc4c2N3CCC4)B2c3cccc4c3N(CCC4)c3cc(N4C([2H])([2H])C([2H])([2H])C([2H])([2H])C([2H])([2H])C4([2H])[2H])cc(c32)N5c2ccccc2)C([2H])([2H])C([2H])([2H])C([2H])([2H])C1([2H])[2H]. The summed E-state index contributed by atoms with van der Waals surface area (Å²) in [5.74, 6) is 0. The smallest absolute Gasteiger partial charge is 0.252 e. The molecule has 8 aliphatic heterocycles. The van der Waals surface area contributed by atoms with E-state index in [1.165, 1.54) is 0 Å². The maximum atomic E-state index is 9.46. The van der Waals surface area contributed by atoms with Crippen LogP contribution in [0.3, 0.4) is 0 Å². The summed E-state index contributed by atoms with van der Waals surface area (Å²) >= 11 is 0. The van der Waals surface area contributed by atoms with Crippen molar-refractivity contribution >= 4 is 114 Å². The van der Waals surface area contributed by atoms with Gasteiger partial charge in [-0.2, -0.15) is 0 Å². The lowest BCUT2D eigenvalue weighted by Gasteiger charge is -2.49. The average molecular weight is 877 g/mol. The fraction of sp³-hybridized carbons (Fsp3) is 0.276. The molecule has 0 N–H and O–H groups in total. The second kappa shape index (κ2) is 14.5. The van der Waals surface area contributed by atoms with Crippen LogP contribution >= 0.6 is 0 Å². The first-order valence-electron chi connectivity index (χ1n) is 32.9. The van der Waals surface area contributed by atoms with E-state index in [9.17, 15) is 11.0 Å². The van der Waals surface area contributed by atoms with Crippen molar-refractivity contribution in [3.8, 4) is 0 Å². The van der Waals surface area contributed by atoms with Crippen LogP contribution in [0.4, 0.5) is 68.2 Å². The number of aryl methyl sites for hydroxylation is 2. The maximum Gasteiger partial charge on any atom is 0.252 e. The van der Waals surface area contributed by atoms with Crippen LogP contribution in [0.25, 0.3) is 0 Å². The van der Waals surface area contributed by atoms with Crippen LogP contribution in [0.5, 0.6) is 0 Å². The minimum absolute atomic E-state index is 0.232. The Morgan fingerprint density at radius 3 is 1.27 bits per heavy atom. The molecule has 8 aliphatic rings. The van der Waals surface area contributed by atoms with Gasteiger partial charge in [0.25, 0.3) is 13.4 Å². The van der Waals surface area contributed by atoms with Gasteiger partial charge in [-0.15, -0.1) is 0 Å². The van der Waals surface area contributed by atoms with Crippen LogP contribution in [-0.4, -0.2) is 52.5 Å². The molecule has 8 heteroatoms. The molecule has 0 spiro atoms. The van der Waals surface area contributed by atoms with Crippen molar-refractivity contribution in [3.05, 3.63) is 145 Å². The molecule has 7 aromatic carbocycles. The number of benzene rings is 7. The summed E-state index contributed by atoms with van der Waals surface area (Å²) in [5, 5.41) is 0. The Balaban J connectivity index is 1.06. The van der Waals surface area contributed by atoms with Gasteiger partial charge >= 0.3 is 0 Å². The van der Waals surface area contributed by atoms with Gasteiger partial charge in [0.1, 0.15) is 0 Å². The molecule has 2 saturated heterocycles. The van der Waals surface area contributed by atoms with Gasteiger partial charge in [0.05, 0.1) is 0 Å². The van der Waals surface area contributed by atoms with Crippen LogP contribution in [-0.2, 0) is 12.8 Å². The molecule has 6 nitrogen and oxygen atoms in total. The molecule has 15 rings (SSSR count). The van der Waals surface area contributed by atoms with Crippen LogP contribution in [0.15, 0.2) is 133 Å².